The summed E-state index contributed by atoms with van der Waals surface area (Å²) in [6.07, 6.45) is 6.34. The molecule has 2 rings (SSSR count). The zero-order chi connectivity index (χ0) is 22.9. The van der Waals surface area contributed by atoms with Gasteiger partial charge in [0.05, 0.1) is 27.6 Å². The minimum atomic E-state index is -1.69. The zero-order valence-corrected chi connectivity index (χ0v) is 18.1. The van der Waals surface area contributed by atoms with Crippen LogP contribution in [0, 0.1) is 5.41 Å². The average molecular weight is 428 g/mol. The largest absolute Gasteiger partial charge is 0.493 e. The van der Waals surface area contributed by atoms with E-state index in [0.29, 0.717) is 6.42 Å². The third kappa shape index (κ3) is 5.84. The van der Waals surface area contributed by atoms with Crippen LogP contribution < -0.4 is 0 Å². The van der Waals surface area contributed by atoms with Crippen molar-refractivity contribution in [3.8, 4) is 0 Å². The van der Waals surface area contributed by atoms with Crippen LogP contribution in [0.5, 0.6) is 0 Å². The molecular weight excluding hydrogens is 400 g/mol. The lowest BCUT2D eigenvalue weighted by molar-refractivity contribution is -0.169. The molecule has 0 N–H and O–H groups in total. The number of carbonyl (C=O) groups excluding carboxylic acids is 3. The topological polar surface area (TPSA) is 88.1 Å². The SMILES string of the molecule is C=C(CC(CC/C=C/C1=COC(c2ccccc2)C1)(C(=O)OC)C(=O)OC)C(=O)OC. The van der Waals surface area contributed by atoms with Crippen LogP contribution in [0.15, 0.2) is 66.5 Å². The first-order valence-corrected chi connectivity index (χ1v) is 9.87. The molecule has 7 heteroatoms. The highest BCUT2D eigenvalue weighted by atomic mass is 16.5. The number of hydrogen-bond donors (Lipinski definition) is 0. The Morgan fingerprint density at radius 1 is 1.10 bits per heavy atom. The van der Waals surface area contributed by atoms with Gasteiger partial charge in [0.25, 0.3) is 0 Å². The summed E-state index contributed by atoms with van der Waals surface area (Å²) in [5, 5.41) is 0. The number of hydrogen-bond acceptors (Lipinski definition) is 7. The summed E-state index contributed by atoms with van der Waals surface area (Å²) in [5.41, 5.74) is 0.389. The van der Waals surface area contributed by atoms with E-state index in [2.05, 4.69) is 11.3 Å². The minimum Gasteiger partial charge on any atom is -0.493 e. The first kappa shape index (κ1) is 23.9. The van der Waals surface area contributed by atoms with E-state index in [1.165, 1.54) is 21.3 Å². The van der Waals surface area contributed by atoms with Gasteiger partial charge in [-0.2, -0.15) is 0 Å². The Balaban J connectivity index is 2.07. The number of allylic oxidation sites excluding steroid dienone is 2. The quantitative estimate of drug-likeness (QED) is 0.242. The number of carbonyl (C=O) groups is 3. The van der Waals surface area contributed by atoms with Gasteiger partial charge < -0.3 is 18.9 Å². The number of methoxy groups -OCH3 is 3. The van der Waals surface area contributed by atoms with E-state index in [9.17, 15) is 14.4 Å². The van der Waals surface area contributed by atoms with E-state index >= 15 is 0 Å². The first-order chi connectivity index (χ1) is 14.9. The molecule has 0 saturated heterocycles. The molecule has 1 atom stereocenters. The Bertz CT molecular complexity index is 851. The zero-order valence-electron chi connectivity index (χ0n) is 18.1. The van der Waals surface area contributed by atoms with Gasteiger partial charge in [-0.05, 0) is 24.0 Å². The molecule has 1 heterocycles. The Hall–Kier alpha value is -3.35. The molecule has 1 unspecified atom stereocenters. The molecule has 1 aliphatic rings. The van der Waals surface area contributed by atoms with Gasteiger partial charge in [-0.25, -0.2) is 4.79 Å². The van der Waals surface area contributed by atoms with E-state index in [0.717, 1.165) is 17.6 Å². The molecule has 1 aromatic carbocycles. The molecular formula is C24H28O7. The van der Waals surface area contributed by atoms with E-state index in [1.54, 1.807) is 6.26 Å². The molecule has 1 aromatic rings. The predicted octanol–water partition coefficient (Wildman–Crippen LogP) is 3.82. The van der Waals surface area contributed by atoms with Crippen molar-refractivity contribution in [1.82, 2.24) is 0 Å². The summed E-state index contributed by atoms with van der Waals surface area (Å²) in [7, 11) is 3.57. The summed E-state index contributed by atoms with van der Waals surface area (Å²) in [6.45, 7) is 3.64. The van der Waals surface area contributed by atoms with Crippen molar-refractivity contribution in [3.63, 3.8) is 0 Å². The second-order valence-corrected chi connectivity index (χ2v) is 7.21. The highest BCUT2D eigenvalue weighted by Gasteiger charge is 2.48. The Labute approximate surface area is 182 Å². The Kier molecular flexibility index (Phi) is 8.61. The van der Waals surface area contributed by atoms with Gasteiger partial charge in [0.2, 0.25) is 0 Å². The van der Waals surface area contributed by atoms with Crippen LogP contribution in [0.25, 0.3) is 0 Å². The van der Waals surface area contributed by atoms with Crippen molar-refractivity contribution in [3.05, 3.63) is 72.0 Å². The van der Waals surface area contributed by atoms with Crippen LogP contribution in [-0.4, -0.2) is 39.2 Å². The molecule has 166 valence electrons. The minimum absolute atomic E-state index is 0.0140. The van der Waals surface area contributed by atoms with Crippen molar-refractivity contribution in [2.75, 3.05) is 21.3 Å². The molecule has 7 nitrogen and oxygen atoms in total. The Morgan fingerprint density at radius 2 is 1.74 bits per heavy atom. The van der Waals surface area contributed by atoms with E-state index in [1.807, 2.05) is 42.5 Å². The number of ether oxygens (including phenoxy) is 4. The second kappa shape index (κ2) is 11.2. The fourth-order valence-electron chi connectivity index (χ4n) is 3.51. The lowest BCUT2D eigenvalue weighted by Gasteiger charge is -2.28. The molecule has 0 saturated carbocycles. The molecule has 0 bridgehead atoms. The molecule has 31 heavy (non-hydrogen) atoms. The van der Waals surface area contributed by atoms with Gasteiger partial charge in [0, 0.05) is 18.4 Å². The van der Waals surface area contributed by atoms with Gasteiger partial charge in [-0.3, -0.25) is 9.59 Å². The van der Waals surface area contributed by atoms with Crippen molar-refractivity contribution in [2.45, 2.75) is 31.8 Å². The fourth-order valence-corrected chi connectivity index (χ4v) is 3.51. The van der Waals surface area contributed by atoms with Crippen LogP contribution in [0.4, 0.5) is 0 Å². The standard InChI is InChI=1S/C24H28O7/c1-17(21(25)28-2)15-24(22(26)29-3,23(27)30-4)13-9-8-10-18-14-20(31-16-18)19-11-6-5-7-12-19/h5-8,10-12,16,20H,1,9,13-15H2,2-4H3/b10-8+. The van der Waals surface area contributed by atoms with Crippen LogP contribution in [0.2, 0.25) is 0 Å². The molecule has 0 fully saturated rings. The maximum atomic E-state index is 12.6. The van der Waals surface area contributed by atoms with Crippen LogP contribution in [0.3, 0.4) is 0 Å². The molecule has 0 aromatic heterocycles. The molecule has 0 spiro atoms. The maximum Gasteiger partial charge on any atom is 0.333 e. The third-order valence-corrected chi connectivity index (χ3v) is 5.19. The van der Waals surface area contributed by atoms with Crippen molar-refractivity contribution >= 4 is 17.9 Å². The number of rotatable bonds is 10. The van der Waals surface area contributed by atoms with Crippen molar-refractivity contribution < 1.29 is 33.3 Å². The first-order valence-electron chi connectivity index (χ1n) is 9.87. The summed E-state index contributed by atoms with van der Waals surface area (Å²) < 4.78 is 20.1. The van der Waals surface area contributed by atoms with Crippen LogP contribution >= 0.6 is 0 Å². The summed E-state index contributed by atoms with van der Waals surface area (Å²) in [4.78, 5) is 36.9. The molecule has 0 amide bonds. The average Bonchev–Trinajstić information content (AvgIpc) is 3.28. The van der Waals surface area contributed by atoms with Crippen molar-refractivity contribution in [2.24, 2.45) is 5.41 Å². The second-order valence-electron chi connectivity index (χ2n) is 7.21. The van der Waals surface area contributed by atoms with E-state index < -0.39 is 23.3 Å². The fraction of sp³-hybridized carbons (Fsp3) is 0.375. The summed E-state index contributed by atoms with van der Waals surface area (Å²) >= 11 is 0. The van der Waals surface area contributed by atoms with Gasteiger partial charge >= 0.3 is 17.9 Å². The van der Waals surface area contributed by atoms with Gasteiger partial charge in [0.1, 0.15) is 6.10 Å². The van der Waals surface area contributed by atoms with E-state index in [4.69, 9.17) is 14.2 Å². The van der Waals surface area contributed by atoms with Crippen LogP contribution in [-0.2, 0) is 33.3 Å². The normalized spacial score (nSPS) is 15.7. The Morgan fingerprint density at radius 3 is 2.32 bits per heavy atom. The molecule has 0 aliphatic carbocycles. The maximum absolute atomic E-state index is 12.6. The van der Waals surface area contributed by atoms with Gasteiger partial charge in [-0.15, -0.1) is 0 Å². The summed E-state index contributed by atoms with van der Waals surface area (Å²) in [5.74, 6) is -2.27. The highest BCUT2D eigenvalue weighted by Crippen LogP contribution is 2.36. The smallest absolute Gasteiger partial charge is 0.333 e. The lowest BCUT2D eigenvalue weighted by Crippen LogP contribution is -2.42. The molecule has 0 radical (unpaired) electrons. The third-order valence-electron chi connectivity index (χ3n) is 5.19. The van der Waals surface area contributed by atoms with Crippen molar-refractivity contribution in [1.29, 1.82) is 0 Å². The van der Waals surface area contributed by atoms with Gasteiger partial charge in [-0.1, -0.05) is 49.1 Å². The highest BCUT2D eigenvalue weighted by molar-refractivity contribution is 6.02. The van der Waals surface area contributed by atoms with E-state index in [-0.39, 0.29) is 24.5 Å². The molecule has 1 aliphatic heterocycles. The summed E-state index contributed by atoms with van der Waals surface area (Å²) in [6, 6.07) is 9.92. The van der Waals surface area contributed by atoms with Crippen LogP contribution in [0.1, 0.15) is 37.4 Å². The van der Waals surface area contributed by atoms with Gasteiger partial charge in [0.15, 0.2) is 5.41 Å². The monoisotopic (exact) mass is 428 g/mol. The number of esters is 3. The number of benzene rings is 1. The lowest BCUT2D eigenvalue weighted by atomic mass is 9.77. The predicted molar refractivity (Wildman–Crippen MR) is 114 cm³/mol.